The Hall–Kier alpha value is -0.640. The summed E-state index contributed by atoms with van der Waals surface area (Å²) in [7, 11) is 9.66. The first-order chi connectivity index (χ1) is 5.66. The molecule has 0 rings (SSSR count). The maximum absolute atomic E-state index is 5.32. The molecule has 0 amide bonds. The molecule has 3 heteroatoms. The lowest BCUT2D eigenvalue weighted by molar-refractivity contribution is -1.11. The van der Waals surface area contributed by atoms with Gasteiger partial charge in [0.1, 0.15) is 19.8 Å². The van der Waals surface area contributed by atoms with E-state index in [1.54, 1.807) is 7.11 Å². The van der Waals surface area contributed by atoms with Crippen molar-refractivity contribution in [2.45, 2.75) is 6.92 Å². The van der Waals surface area contributed by atoms with Crippen molar-refractivity contribution < 1.29 is 14.0 Å². The quantitative estimate of drug-likeness (QED) is 0.480. The van der Waals surface area contributed by atoms with E-state index in [1.165, 1.54) is 0 Å². The highest BCUT2D eigenvalue weighted by Gasteiger charge is 2.37. The van der Waals surface area contributed by atoms with Crippen LogP contribution >= 0.6 is 0 Å². The highest BCUT2D eigenvalue weighted by Crippen LogP contribution is 2.23. The van der Waals surface area contributed by atoms with Crippen LogP contribution in [0.25, 0.3) is 0 Å². The van der Waals surface area contributed by atoms with E-state index in [-0.39, 0.29) is 0 Å². The molecule has 0 aromatic heterocycles. The number of hydrogen-bond acceptors (Lipinski definition) is 1. The Morgan fingerprint density at radius 3 is 1.69 bits per heavy atom. The zero-order valence-electron chi connectivity index (χ0n) is 9.72. The van der Waals surface area contributed by atoms with E-state index in [9.17, 15) is 0 Å². The van der Waals surface area contributed by atoms with Crippen molar-refractivity contribution in [3.05, 3.63) is 24.7 Å². The predicted molar refractivity (Wildman–Crippen MR) is 55.2 cm³/mol. The fourth-order valence-corrected chi connectivity index (χ4v) is 0.928. The second-order valence-corrected chi connectivity index (χ2v) is 4.14. The van der Waals surface area contributed by atoms with Gasteiger partial charge in [-0.25, -0.2) is 4.48 Å². The van der Waals surface area contributed by atoms with Crippen LogP contribution in [0.2, 0.25) is 0 Å². The second kappa shape index (κ2) is 3.62. The minimum Gasteiger partial charge on any atom is -0.220 e. The molecule has 0 aliphatic carbocycles. The largest absolute Gasteiger partial charge is 0.323 e. The molecule has 0 aromatic rings. The van der Waals surface area contributed by atoms with E-state index in [4.69, 9.17) is 4.84 Å². The summed E-state index contributed by atoms with van der Waals surface area (Å²) in [4.78, 5) is 5.32. The van der Waals surface area contributed by atoms with Crippen molar-refractivity contribution >= 4 is 0 Å². The Bertz CT molecular complexity index is 229. The molecule has 0 atom stereocenters. The Morgan fingerprint density at radius 1 is 1.08 bits per heavy atom. The normalized spacial score (nSPS) is 12.8. The molecule has 0 radical (unpaired) electrons. The maximum atomic E-state index is 5.32. The monoisotopic (exact) mass is 186 g/mol. The summed E-state index contributed by atoms with van der Waals surface area (Å²) < 4.78 is 0.903. The summed E-state index contributed by atoms with van der Waals surface area (Å²) in [5.74, 6) is 0.940. The van der Waals surface area contributed by atoms with Gasteiger partial charge in [-0.05, 0) is 6.58 Å². The molecule has 3 nitrogen and oxygen atoms in total. The Kier molecular flexibility index (Phi) is 3.44. The molecule has 0 heterocycles. The first-order valence-electron chi connectivity index (χ1n) is 4.26. The summed E-state index contributed by atoms with van der Waals surface area (Å²) in [6, 6.07) is 0. The van der Waals surface area contributed by atoms with E-state index >= 15 is 0 Å². The average molecular weight is 186 g/mol. The van der Waals surface area contributed by atoms with Crippen molar-refractivity contribution in [3.63, 3.8) is 0 Å². The molecule has 0 bridgehead atoms. The van der Waals surface area contributed by atoms with Crippen LogP contribution in [0.4, 0.5) is 0 Å². The lowest BCUT2D eigenvalue weighted by Gasteiger charge is -2.35. The summed E-state index contributed by atoms with van der Waals surface area (Å²) >= 11 is 0. The number of rotatable bonds is 4. The maximum Gasteiger partial charge on any atom is 0.323 e. The predicted octanol–water partition coefficient (Wildman–Crippen LogP) is 1.71. The molecule has 0 N–H and O–H groups in total. The van der Waals surface area contributed by atoms with Gasteiger partial charge in [0.25, 0.3) is 0 Å². The molecule has 0 fully saturated rings. The first-order valence-corrected chi connectivity index (χ1v) is 4.26. The molecular weight excluding hydrogens is 164 g/mol. The van der Waals surface area contributed by atoms with Gasteiger partial charge in [0.15, 0.2) is 0 Å². The molecule has 0 aromatic carbocycles. The summed E-state index contributed by atoms with van der Waals surface area (Å²) in [6.45, 7) is 9.98. The highest BCUT2D eigenvalue weighted by molar-refractivity contribution is 4.83. The van der Waals surface area contributed by atoms with Crippen LogP contribution in [0.15, 0.2) is 24.7 Å². The SMILES string of the molecule is C=C(C)[N+](C)(C)C(=C)[N+](C)(C)OC. The third kappa shape index (κ3) is 2.40. The highest BCUT2D eigenvalue weighted by atomic mass is 16.7. The number of nitrogens with zero attached hydrogens (tertiary/aromatic N) is 2. The van der Waals surface area contributed by atoms with Crippen LogP contribution in [0, 0.1) is 0 Å². The van der Waals surface area contributed by atoms with Crippen LogP contribution in [-0.2, 0) is 4.84 Å². The van der Waals surface area contributed by atoms with Gasteiger partial charge in [-0.15, -0.1) is 4.65 Å². The molecule has 0 spiro atoms. The molecule has 0 unspecified atom stereocenters. The van der Waals surface area contributed by atoms with Gasteiger partial charge in [-0.3, -0.25) is 0 Å². The van der Waals surface area contributed by atoms with Crippen molar-refractivity contribution in [2.75, 3.05) is 35.3 Å². The summed E-state index contributed by atoms with van der Waals surface area (Å²) in [6.07, 6.45) is 0. The lowest BCUT2D eigenvalue weighted by atomic mass is 10.4. The van der Waals surface area contributed by atoms with Crippen LogP contribution in [-0.4, -0.2) is 44.4 Å². The van der Waals surface area contributed by atoms with Crippen LogP contribution < -0.4 is 0 Å². The van der Waals surface area contributed by atoms with Gasteiger partial charge in [-0.1, -0.05) is 0 Å². The van der Waals surface area contributed by atoms with Crippen LogP contribution in [0.1, 0.15) is 6.92 Å². The number of hydroxylamine groups is 3. The van der Waals surface area contributed by atoms with Gasteiger partial charge in [0.2, 0.25) is 0 Å². The Morgan fingerprint density at radius 2 is 1.46 bits per heavy atom. The smallest absolute Gasteiger partial charge is 0.220 e. The van der Waals surface area contributed by atoms with E-state index in [2.05, 4.69) is 13.2 Å². The molecular formula is C10H22N2O+2. The van der Waals surface area contributed by atoms with Gasteiger partial charge in [0.05, 0.1) is 21.2 Å². The molecule has 76 valence electrons. The Labute approximate surface area is 81.7 Å². The first kappa shape index (κ1) is 12.4. The van der Waals surface area contributed by atoms with Gasteiger partial charge in [-0.2, -0.15) is 4.84 Å². The summed E-state index contributed by atoms with van der Waals surface area (Å²) in [5, 5.41) is 0. The average Bonchev–Trinajstić information content (AvgIpc) is 2.02. The third-order valence-corrected chi connectivity index (χ3v) is 2.68. The second-order valence-electron chi connectivity index (χ2n) is 4.14. The van der Waals surface area contributed by atoms with Gasteiger partial charge < -0.3 is 0 Å². The van der Waals surface area contributed by atoms with Crippen molar-refractivity contribution in [1.29, 1.82) is 0 Å². The third-order valence-electron chi connectivity index (χ3n) is 2.68. The van der Waals surface area contributed by atoms with Gasteiger partial charge in [0, 0.05) is 13.5 Å². The van der Waals surface area contributed by atoms with Crippen LogP contribution in [0.5, 0.6) is 0 Å². The van der Waals surface area contributed by atoms with Crippen molar-refractivity contribution in [3.8, 4) is 0 Å². The number of allylic oxidation sites excluding steroid dienone is 1. The van der Waals surface area contributed by atoms with Crippen molar-refractivity contribution in [1.82, 2.24) is 0 Å². The summed E-state index contributed by atoms with van der Waals surface area (Å²) in [5.41, 5.74) is 1.04. The van der Waals surface area contributed by atoms with Gasteiger partial charge >= 0.3 is 5.82 Å². The van der Waals surface area contributed by atoms with E-state index in [0.29, 0.717) is 9.13 Å². The lowest BCUT2D eigenvalue weighted by Crippen LogP contribution is -2.50. The topological polar surface area (TPSA) is 9.23 Å². The number of hydrogen-bond donors (Lipinski definition) is 0. The zero-order valence-corrected chi connectivity index (χ0v) is 9.72. The van der Waals surface area contributed by atoms with Crippen molar-refractivity contribution in [2.24, 2.45) is 0 Å². The fourth-order valence-electron chi connectivity index (χ4n) is 0.928. The van der Waals surface area contributed by atoms with Crippen LogP contribution in [0.3, 0.4) is 0 Å². The fraction of sp³-hybridized carbons (Fsp3) is 0.600. The Balaban J connectivity index is 4.90. The van der Waals surface area contributed by atoms with E-state index in [0.717, 1.165) is 11.5 Å². The minimum absolute atomic E-state index is 0.333. The molecule has 0 saturated carbocycles. The van der Waals surface area contributed by atoms with E-state index < -0.39 is 0 Å². The molecule has 13 heavy (non-hydrogen) atoms. The number of quaternary nitrogens is 2. The molecule has 0 saturated heterocycles. The zero-order chi connectivity index (χ0) is 10.9. The molecule has 0 aliphatic heterocycles. The minimum atomic E-state index is 0.333. The molecule has 0 aliphatic rings. The van der Waals surface area contributed by atoms with E-state index in [1.807, 2.05) is 35.1 Å². The standard InChI is InChI=1S/C10H22N2O/c1-9(2)11(4,5)10(3)12(6,7)13-8/h1,3H2,2,4-8H3/q+2.